The van der Waals surface area contributed by atoms with Gasteiger partial charge >= 0.3 is 11.9 Å². The van der Waals surface area contributed by atoms with Crippen molar-refractivity contribution in [3.63, 3.8) is 0 Å². The van der Waals surface area contributed by atoms with E-state index in [1.54, 1.807) is 30.3 Å². The molecule has 2 aromatic rings. The molecule has 22 heavy (non-hydrogen) atoms. The van der Waals surface area contributed by atoms with Crippen molar-refractivity contribution in [3.8, 4) is 6.07 Å². The fourth-order valence-electron chi connectivity index (χ4n) is 1.85. The summed E-state index contributed by atoms with van der Waals surface area (Å²) in [6.07, 6.45) is -0.213. The van der Waals surface area contributed by atoms with Gasteiger partial charge in [0.05, 0.1) is 23.6 Å². The van der Waals surface area contributed by atoms with E-state index in [9.17, 15) is 9.59 Å². The van der Waals surface area contributed by atoms with Crippen LogP contribution in [0.4, 0.5) is 0 Å². The number of carboxylic acid groups (broad SMARTS) is 2. The van der Waals surface area contributed by atoms with Crippen LogP contribution in [0.1, 0.15) is 21.5 Å². The van der Waals surface area contributed by atoms with Crippen molar-refractivity contribution in [2.24, 2.45) is 0 Å². The van der Waals surface area contributed by atoms with E-state index in [0.717, 1.165) is 9.79 Å². The second-order valence-corrected chi connectivity index (χ2v) is 5.58. The number of hydrogen-bond donors (Lipinski definition) is 2. The first-order valence-corrected chi connectivity index (χ1v) is 7.07. The number of carboxylic acids is 2. The summed E-state index contributed by atoms with van der Waals surface area (Å²) < 4.78 is 0. The van der Waals surface area contributed by atoms with Gasteiger partial charge in [0.25, 0.3) is 0 Å². The van der Waals surface area contributed by atoms with Gasteiger partial charge in [-0.25, -0.2) is 4.79 Å². The van der Waals surface area contributed by atoms with Gasteiger partial charge in [0.15, 0.2) is 0 Å². The van der Waals surface area contributed by atoms with E-state index in [4.69, 9.17) is 15.5 Å². The SMILES string of the molecule is N#Cc1ccc(Sc2ccc(C(=O)O)cc2)cc1CC(=O)O. The van der Waals surface area contributed by atoms with E-state index in [0.29, 0.717) is 11.1 Å². The zero-order valence-corrected chi connectivity index (χ0v) is 12.1. The minimum Gasteiger partial charge on any atom is -0.481 e. The number of nitrogens with zero attached hydrogens (tertiary/aromatic N) is 1. The monoisotopic (exact) mass is 313 g/mol. The molecular weight excluding hydrogens is 302 g/mol. The lowest BCUT2D eigenvalue weighted by molar-refractivity contribution is -0.136. The molecule has 2 rings (SSSR count). The number of carbonyl (C=O) groups is 2. The van der Waals surface area contributed by atoms with Gasteiger partial charge in [-0.05, 0) is 48.0 Å². The summed E-state index contributed by atoms with van der Waals surface area (Å²) in [5.41, 5.74) is 1.01. The smallest absolute Gasteiger partial charge is 0.335 e. The van der Waals surface area contributed by atoms with Crippen LogP contribution in [0, 0.1) is 11.3 Å². The Labute approximate surface area is 130 Å². The molecule has 0 saturated heterocycles. The highest BCUT2D eigenvalue weighted by Crippen LogP contribution is 2.29. The van der Waals surface area contributed by atoms with Crippen molar-refractivity contribution < 1.29 is 19.8 Å². The molecule has 0 unspecified atom stereocenters. The summed E-state index contributed by atoms with van der Waals surface area (Å²) >= 11 is 1.37. The standard InChI is InChI=1S/C16H11NO4S/c17-9-11-3-6-14(7-12(11)8-15(18)19)22-13-4-1-10(2-5-13)16(20)21/h1-7H,8H2,(H,18,19)(H,20,21). The molecule has 2 N–H and O–H groups in total. The summed E-state index contributed by atoms with van der Waals surface area (Å²) in [5, 5.41) is 26.7. The van der Waals surface area contributed by atoms with Crippen LogP contribution in [-0.2, 0) is 11.2 Å². The molecule has 0 saturated carbocycles. The second-order valence-electron chi connectivity index (χ2n) is 4.43. The van der Waals surface area contributed by atoms with Crippen LogP contribution in [0.5, 0.6) is 0 Å². The molecule has 0 radical (unpaired) electrons. The van der Waals surface area contributed by atoms with E-state index < -0.39 is 11.9 Å². The lowest BCUT2D eigenvalue weighted by atomic mass is 10.1. The first-order valence-electron chi connectivity index (χ1n) is 6.25. The summed E-state index contributed by atoms with van der Waals surface area (Å²) in [5.74, 6) is -1.98. The molecule has 0 aliphatic heterocycles. The zero-order valence-electron chi connectivity index (χ0n) is 11.3. The fourth-order valence-corrected chi connectivity index (χ4v) is 2.74. The number of rotatable bonds is 5. The van der Waals surface area contributed by atoms with Gasteiger partial charge in [-0.1, -0.05) is 11.8 Å². The minimum atomic E-state index is -0.996. The van der Waals surface area contributed by atoms with Crippen LogP contribution in [0.15, 0.2) is 52.3 Å². The average molecular weight is 313 g/mol. The maximum Gasteiger partial charge on any atom is 0.335 e. The molecule has 0 fully saturated rings. The number of benzene rings is 2. The molecule has 110 valence electrons. The van der Waals surface area contributed by atoms with Gasteiger partial charge in [-0.15, -0.1) is 0 Å². The number of hydrogen-bond acceptors (Lipinski definition) is 4. The van der Waals surface area contributed by atoms with Gasteiger partial charge < -0.3 is 10.2 Å². The van der Waals surface area contributed by atoms with Gasteiger partial charge in [0, 0.05) is 9.79 Å². The lowest BCUT2D eigenvalue weighted by Crippen LogP contribution is -2.02. The van der Waals surface area contributed by atoms with E-state index in [-0.39, 0.29) is 12.0 Å². The van der Waals surface area contributed by atoms with E-state index in [1.165, 1.54) is 23.9 Å². The van der Waals surface area contributed by atoms with Gasteiger partial charge in [-0.3, -0.25) is 4.79 Å². The van der Waals surface area contributed by atoms with E-state index in [1.807, 2.05) is 6.07 Å². The third-order valence-electron chi connectivity index (χ3n) is 2.88. The number of aromatic carboxylic acids is 1. The van der Waals surface area contributed by atoms with Crippen LogP contribution in [0.25, 0.3) is 0 Å². The quantitative estimate of drug-likeness (QED) is 0.880. The topological polar surface area (TPSA) is 98.4 Å². The molecule has 0 aromatic heterocycles. The Morgan fingerprint density at radius 2 is 1.68 bits per heavy atom. The molecule has 6 heteroatoms. The molecule has 5 nitrogen and oxygen atoms in total. The molecule has 0 aliphatic rings. The average Bonchev–Trinajstić information content (AvgIpc) is 2.47. The molecular formula is C16H11NO4S. The second kappa shape index (κ2) is 6.78. The maximum absolute atomic E-state index is 10.8. The highest BCUT2D eigenvalue weighted by Gasteiger charge is 2.09. The fraction of sp³-hybridized carbons (Fsp3) is 0.0625. The first-order chi connectivity index (χ1) is 10.5. The Balaban J connectivity index is 2.24. The number of nitriles is 1. The third-order valence-corrected chi connectivity index (χ3v) is 3.87. The van der Waals surface area contributed by atoms with Crippen molar-refractivity contribution >= 4 is 23.7 Å². The number of aliphatic carboxylic acids is 1. The van der Waals surface area contributed by atoms with Crippen molar-refractivity contribution in [2.75, 3.05) is 0 Å². The van der Waals surface area contributed by atoms with Crippen LogP contribution >= 0.6 is 11.8 Å². The van der Waals surface area contributed by atoms with Crippen molar-refractivity contribution in [1.82, 2.24) is 0 Å². The normalized spacial score (nSPS) is 9.95. The predicted octanol–water partition coefficient (Wildman–Crippen LogP) is 3.03. The van der Waals surface area contributed by atoms with Crippen LogP contribution in [0.3, 0.4) is 0 Å². The van der Waals surface area contributed by atoms with Crippen molar-refractivity contribution in [2.45, 2.75) is 16.2 Å². The lowest BCUT2D eigenvalue weighted by Gasteiger charge is -2.06. The first kappa shape index (κ1) is 15.6. The molecule has 0 atom stereocenters. The molecule has 0 bridgehead atoms. The Morgan fingerprint density at radius 1 is 1.05 bits per heavy atom. The Kier molecular flexibility index (Phi) is 4.81. The summed E-state index contributed by atoms with van der Waals surface area (Å²) in [6, 6.07) is 13.3. The Bertz CT molecular complexity index is 763. The van der Waals surface area contributed by atoms with Gasteiger partial charge in [0.1, 0.15) is 0 Å². The minimum absolute atomic E-state index is 0.204. The predicted molar refractivity (Wildman–Crippen MR) is 80.0 cm³/mol. The Hall–Kier alpha value is -2.78. The summed E-state index contributed by atoms with van der Waals surface area (Å²) in [4.78, 5) is 23.3. The highest BCUT2D eigenvalue weighted by molar-refractivity contribution is 7.99. The largest absolute Gasteiger partial charge is 0.481 e. The third kappa shape index (κ3) is 3.87. The van der Waals surface area contributed by atoms with Gasteiger partial charge in [-0.2, -0.15) is 5.26 Å². The van der Waals surface area contributed by atoms with Crippen molar-refractivity contribution in [3.05, 3.63) is 59.2 Å². The van der Waals surface area contributed by atoms with E-state index >= 15 is 0 Å². The molecule has 2 aromatic carbocycles. The van der Waals surface area contributed by atoms with Gasteiger partial charge in [0.2, 0.25) is 0 Å². The van der Waals surface area contributed by atoms with Crippen LogP contribution in [0.2, 0.25) is 0 Å². The molecule has 0 amide bonds. The maximum atomic E-state index is 10.8. The van der Waals surface area contributed by atoms with Crippen molar-refractivity contribution in [1.29, 1.82) is 5.26 Å². The van der Waals surface area contributed by atoms with Crippen LogP contribution in [-0.4, -0.2) is 22.2 Å². The zero-order chi connectivity index (χ0) is 16.1. The molecule has 0 spiro atoms. The van der Waals surface area contributed by atoms with Crippen LogP contribution < -0.4 is 0 Å². The Morgan fingerprint density at radius 3 is 2.23 bits per heavy atom. The molecule has 0 heterocycles. The summed E-state index contributed by atoms with van der Waals surface area (Å²) in [7, 11) is 0. The molecule has 0 aliphatic carbocycles. The van der Waals surface area contributed by atoms with E-state index in [2.05, 4.69) is 0 Å². The highest BCUT2D eigenvalue weighted by atomic mass is 32.2. The summed E-state index contributed by atoms with van der Waals surface area (Å²) in [6.45, 7) is 0.